The molecule has 4 saturated heterocycles. The molecule has 4 aliphatic heterocycles. The smallest absolute Gasteiger partial charge is 0.411 e. The molecule has 1 N–H and O–H groups in total. The molecule has 1 aliphatic carbocycles. The molecule has 4 atom stereocenters. The van der Waals surface area contributed by atoms with Crippen LogP contribution in [0.1, 0.15) is 73.6 Å². The number of hydrogen-bond acceptors (Lipinski definition) is 6. The van der Waals surface area contributed by atoms with E-state index < -0.39 is 29.4 Å². The number of hydrogen-bond donors (Lipinski definition) is 1. The van der Waals surface area contributed by atoms with Crippen molar-refractivity contribution in [2.75, 3.05) is 26.2 Å². The number of aliphatic hydroxyl groups excluding tert-OH is 1. The van der Waals surface area contributed by atoms with E-state index in [0.29, 0.717) is 32.6 Å². The molecule has 192 valence electrons. The number of nitrogens with zero attached hydrogens (tertiary/aromatic N) is 3. The topological polar surface area (TPSA) is 99.6 Å². The SMILES string of the molecule is CC(C)(C)OC(=O)N1CC2(CCN(C(=O)[C@H]3[C@@H]4CC[C@@H](C[C@@H]4O)N3C(=O)OC(C)(C)C)CC2)C1. The molecule has 9 heteroatoms. The number of piperidine rings is 3. The van der Waals surface area contributed by atoms with Crippen LogP contribution in [0.3, 0.4) is 0 Å². The van der Waals surface area contributed by atoms with Gasteiger partial charge in [0.1, 0.15) is 17.2 Å². The highest BCUT2D eigenvalue weighted by molar-refractivity contribution is 5.87. The zero-order valence-corrected chi connectivity index (χ0v) is 21.5. The fraction of sp³-hybridized carbons (Fsp3) is 0.880. The lowest BCUT2D eigenvalue weighted by Crippen LogP contribution is -2.68. The molecule has 9 nitrogen and oxygen atoms in total. The summed E-state index contributed by atoms with van der Waals surface area (Å²) >= 11 is 0. The van der Waals surface area contributed by atoms with E-state index in [1.54, 1.807) is 9.80 Å². The van der Waals surface area contributed by atoms with Crippen LogP contribution >= 0.6 is 0 Å². The third-order valence-electron chi connectivity index (χ3n) is 7.64. The Hall–Kier alpha value is -2.03. The quantitative estimate of drug-likeness (QED) is 0.621. The Morgan fingerprint density at radius 1 is 0.853 bits per heavy atom. The van der Waals surface area contributed by atoms with Crippen LogP contribution in [-0.2, 0) is 14.3 Å². The number of carbonyl (C=O) groups excluding carboxylic acids is 3. The van der Waals surface area contributed by atoms with E-state index in [2.05, 4.69) is 0 Å². The Morgan fingerprint density at radius 2 is 1.41 bits per heavy atom. The van der Waals surface area contributed by atoms with Crippen molar-refractivity contribution in [1.82, 2.24) is 14.7 Å². The van der Waals surface area contributed by atoms with Gasteiger partial charge < -0.3 is 24.4 Å². The summed E-state index contributed by atoms with van der Waals surface area (Å²) in [6, 6.07) is -0.847. The first-order chi connectivity index (χ1) is 15.7. The molecule has 0 aromatic carbocycles. The molecule has 1 saturated carbocycles. The first-order valence-corrected chi connectivity index (χ1v) is 12.6. The lowest BCUT2D eigenvalue weighted by molar-refractivity contribution is -0.157. The van der Waals surface area contributed by atoms with Gasteiger partial charge in [-0.2, -0.15) is 0 Å². The minimum Gasteiger partial charge on any atom is -0.444 e. The van der Waals surface area contributed by atoms with Crippen LogP contribution in [0.2, 0.25) is 0 Å². The van der Waals surface area contributed by atoms with Crippen molar-refractivity contribution in [2.24, 2.45) is 11.3 Å². The van der Waals surface area contributed by atoms with Crippen LogP contribution in [0, 0.1) is 11.3 Å². The molecule has 1 spiro atoms. The van der Waals surface area contributed by atoms with E-state index in [0.717, 1.165) is 25.7 Å². The van der Waals surface area contributed by atoms with Gasteiger partial charge in [0, 0.05) is 43.6 Å². The number of ether oxygens (including phenoxy) is 2. The summed E-state index contributed by atoms with van der Waals surface area (Å²) in [5, 5.41) is 10.6. The zero-order chi connectivity index (χ0) is 25.1. The molecule has 5 aliphatic rings. The van der Waals surface area contributed by atoms with E-state index in [9.17, 15) is 19.5 Å². The summed E-state index contributed by atoms with van der Waals surface area (Å²) < 4.78 is 11.1. The number of likely N-dealkylation sites (tertiary alicyclic amines) is 2. The van der Waals surface area contributed by atoms with Gasteiger partial charge in [0.25, 0.3) is 0 Å². The molecule has 5 rings (SSSR count). The molecule has 0 aromatic heterocycles. The first kappa shape index (κ1) is 25.1. The standard InChI is InChI=1S/C25H41N3O6/c1-23(2,3)33-21(31)27-14-25(15-27)9-11-26(12-10-25)20(30)19-17-8-7-16(13-18(17)29)28(19)22(32)34-24(4,5)6/h16-19,29H,7-15H2,1-6H3/t16-,17+,18-,19+/m0/s1. The van der Waals surface area contributed by atoms with E-state index in [1.165, 1.54) is 0 Å². The van der Waals surface area contributed by atoms with E-state index in [1.807, 2.05) is 46.4 Å². The van der Waals surface area contributed by atoms with E-state index >= 15 is 0 Å². The third kappa shape index (κ3) is 4.99. The number of aliphatic hydroxyl groups is 1. The summed E-state index contributed by atoms with van der Waals surface area (Å²) in [6.45, 7) is 13.5. The van der Waals surface area contributed by atoms with Crippen molar-refractivity contribution in [2.45, 2.75) is 103 Å². The molecular formula is C25H41N3O6. The van der Waals surface area contributed by atoms with Gasteiger partial charge in [-0.1, -0.05) is 0 Å². The lowest BCUT2D eigenvalue weighted by Gasteiger charge is -2.56. The van der Waals surface area contributed by atoms with Gasteiger partial charge in [0.15, 0.2) is 0 Å². The second-order valence-electron chi connectivity index (χ2n) is 12.7. The van der Waals surface area contributed by atoms with Gasteiger partial charge in [0.2, 0.25) is 5.91 Å². The maximum Gasteiger partial charge on any atom is 0.411 e. The minimum atomic E-state index is -0.675. The van der Waals surface area contributed by atoms with Crippen LogP contribution in [0.4, 0.5) is 9.59 Å². The van der Waals surface area contributed by atoms with Crippen LogP contribution in [0.25, 0.3) is 0 Å². The van der Waals surface area contributed by atoms with Crippen molar-refractivity contribution < 1.29 is 29.0 Å². The summed E-state index contributed by atoms with van der Waals surface area (Å²) in [5.41, 5.74) is -1.13. The predicted octanol–water partition coefficient (Wildman–Crippen LogP) is 2.99. The average Bonchev–Trinajstić information content (AvgIpc) is 2.68. The van der Waals surface area contributed by atoms with Crippen LogP contribution < -0.4 is 0 Å². The average molecular weight is 480 g/mol. The lowest BCUT2D eigenvalue weighted by atomic mass is 9.70. The van der Waals surface area contributed by atoms with Gasteiger partial charge >= 0.3 is 12.2 Å². The number of amides is 3. The molecule has 2 bridgehead atoms. The van der Waals surface area contributed by atoms with Crippen molar-refractivity contribution in [3.8, 4) is 0 Å². The Morgan fingerprint density at radius 3 is 1.94 bits per heavy atom. The van der Waals surface area contributed by atoms with Crippen molar-refractivity contribution in [3.05, 3.63) is 0 Å². The molecule has 0 aromatic rings. The number of rotatable bonds is 1. The number of fused-ring (bicyclic) bond motifs is 3. The summed E-state index contributed by atoms with van der Waals surface area (Å²) in [6.07, 6.45) is 2.33. The Bertz CT molecular complexity index is 815. The summed E-state index contributed by atoms with van der Waals surface area (Å²) in [4.78, 5) is 44.3. The maximum absolute atomic E-state index is 13.7. The van der Waals surface area contributed by atoms with Gasteiger partial charge in [-0.25, -0.2) is 9.59 Å². The van der Waals surface area contributed by atoms with Crippen molar-refractivity contribution >= 4 is 18.1 Å². The van der Waals surface area contributed by atoms with E-state index in [-0.39, 0.29) is 29.4 Å². The van der Waals surface area contributed by atoms with Gasteiger partial charge in [-0.3, -0.25) is 9.69 Å². The summed E-state index contributed by atoms with van der Waals surface area (Å²) in [7, 11) is 0. The second-order valence-corrected chi connectivity index (χ2v) is 12.7. The fourth-order valence-electron chi connectivity index (χ4n) is 6.01. The summed E-state index contributed by atoms with van der Waals surface area (Å²) in [5.74, 6) is -0.343. The highest BCUT2D eigenvalue weighted by atomic mass is 16.6. The first-order valence-electron chi connectivity index (χ1n) is 12.6. The Kier molecular flexibility index (Phi) is 6.32. The molecule has 34 heavy (non-hydrogen) atoms. The molecule has 4 heterocycles. The Balaban J connectivity index is 1.39. The Labute approximate surface area is 202 Å². The minimum absolute atomic E-state index is 0.0314. The molecule has 3 amide bonds. The molecule has 0 unspecified atom stereocenters. The van der Waals surface area contributed by atoms with Crippen molar-refractivity contribution in [3.63, 3.8) is 0 Å². The monoisotopic (exact) mass is 479 g/mol. The molecular weight excluding hydrogens is 438 g/mol. The largest absolute Gasteiger partial charge is 0.444 e. The van der Waals surface area contributed by atoms with Crippen LogP contribution in [-0.4, -0.2) is 93.5 Å². The predicted molar refractivity (Wildman–Crippen MR) is 125 cm³/mol. The van der Waals surface area contributed by atoms with Gasteiger partial charge in [-0.05, 0) is 73.6 Å². The fourth-order valence-corrected chi connectivity index (χ4v) is 6.01. The van der Waals surface area contributed by atoms with Crippen LogP contribution in [0.5, 0.6) is 0 Å². The number of carbonyl (C=O) groups is 3. The highest BCUT2D eigenvalue weighted by Crippen LogP contribution is 2.44. The van der Waals surface area contributed by atoms with Gasteiger partial charge in [-0.15, -0.1) is 0 Å². The van der Waals surface area contributed by atoms with Crippen molar-refractivity contribution in [1.29, 1.82) is 0 Å². The van der Waals surface area contributed by atoms with Gasteiger partial charge in [0.05, 0.1) is 6.10 Å². The third-order valence-corrected chi connectivity index (χ3v) is 7.64. The van der Waals surface area contributed by atoms with E-state index in [4.69, 9.17) is 9.47 Å². The normalized spacial score (nSPS) is 30.7. The molecule has 5 fully saturated rings. The second kappa shape index (κ2) is 8.57. The maximum atomic E-state index is 13.7. The highest BCUT2D eigenvalue weighted by Gasteiger charge is 2.55. The zero-order valence-electron chi connectivity index (χ0n) is 21.5. The molecule has 0 radical (unpaired) electrons. The van der Waals surface area contributed by atoms with Crippen LogP contribution in [0.15, 0.2) is 0 Å².